The largest absolute Gasteiger partial charge is 0.466 e. The molecule has 6 heteroatoms. The van der Waals surface area contributed by atoms with Crippen molar-refractivity contribution >= 4 is 28.2 Å². The van der Waals surface area contributed by atoms with Crippen LogP contribution in [0, 0.1) is 5.92 Å². The third-order valence-electron chi connectivity index (χ3n) is 7.18. The average Bonchev–Trinajstić information content (AvgIpc) is 3.24. The lowest BCUT2D eigenvalue weighted by molar-refractivity contribution is -0.142. The van der Waals surface area contributed by atoms with Crippen LogP contribution in [0.15, 0.2) is 72.1 Å². The highest BCUT2D eigenvalue weighted by Crippen LogP contribution is 2.41. The molecular weight excluding hydrogens is 480 g/mol. The van der Waals surface area contributed by atoms with Gasteiger partial charge in [-0.3, -0.25) is 9.78 Å². The highest BCUT2D eigenvalue weighted by atomic mass is 32.1. The second kappa shape index (κ2) is 12.4. The van der Waals surface area contributed by atoms with Crippen LogP contribution in [-0.2, 0) is 27.3 Å². The van der Waals surface area contributed by atoms with Gasteiger partial charge in [0.2, 0.25) is 0 Å². The number of benzene rings is 2. The summed E-state index contributed by atoms with van der Waals surface area (Å²) in [6.07, 6.45) is 5.92. The maximum atomic E-state index is 12.0. The number of hydrogen-bond acceptors (Lipinski definition) is 6. The molecule has 4 aromatic rings. The Kier molecular flexibility index (Phi) is 8.59. The van der Waals surface area contributed by atoms with Crippen molar-refractivity contribution in [3.05, 3.63) is 94.1 Å². The van der Waals surface area contributed by atoms with Crippen molar-refractivity contribution in [2.45, 2.75) is 64.1 Å². The molecule has 1 fully saturated rings. The second-order valence-corrected chi connectivity index (χ2v) is 10.6. The van der Waals surface area contributed by atoms with Crippen LogP contribution >= 0.6 is 11.3 Å². The number of ether oxygens (including phenoxy) is 2. The normalized spacial score (nSPS) is 18.8. The topological polar surface area (TPSA) is 61.3 Å². The molecule has 5 rings (SSSR count). The van der Waals surface area contributed by atoms with Crippen LogP contribution in [0.1, 0.15) is 66.9 Å². The molecule has 0 amide bonds. The zero-order valence-electron chi connectivity index (χ0n) is 21.3. The average molecular weight is 515 g/mol. The van der Waals surface area contributed by atoms with Crippen LogP contribution in [0.3, 0.4) is 0 Å². The van der Waals surface area contributed by atoms with Crippen molar-refractivity contribution < 1.29 is 14.3 Å². The molecule has 2 aromatic heterocycles. The fourth-order valence-corrected chi connectivity index (χ4v) is 6.41. The summed E-state index contributed by atoms with van der Waals surface area (Å²) in [5.41, 5.74) is 4.10. The van der Waals surface area contributed by atoms with Gasteiger partial charge in [-0.1, -0.05) is 61.0 Å². The summed E-state index contributed by atoms with van der Waals surface area (Å²) in [4.78, 5) is 21.7. The first-order valence-corrected chi connectivity index (χ1v) is 14.2. The first-order valence-electron chi connectivity index (χ1n) is 13.3. The maximum Gasteiger partial charge on any atom is 0.311 e. The molecule has 3 unspecified atom stereocenters. The van der Waals surface area contributed by atoms with Crippen LogP contribution in [0.4, 0.5) is 0 Å². The Labute approximate surface area is 222 Å². The van der Waals surface area contributed by atoms with E-state index in [-0.39, 0.29) is 24.4 Å². The van der Waals surface area contributed by atoms with Gasteiger partial charge in [0.25, 0.3) is 0 Å². The number of hydrogen-bond donors (Lipinski definition) is 0. The third kappa shape index (κ3) is 6.62. The molecule has 1 aliphatic carbocycles. The lowest BCUT2D eigenvalue weighted by Gasteiger charge is -2.25. The highest BCUT2D eigenvalue weighted by Gasteiger charge is 2.30. The fourth-order valence-electron chi connectivity index (χ4n) is 5.37. The third-order valence-corrected chi connectivity index (χ3v) is 8.16. The SMILES string of the molecule is CCOC(=O)Cc1csc(C(c2ccccc2)C2CCCC(OCc3ccc4ccccc4n3)CC2)n1. The summed E-state index contributed by atoms with van der Waals surface area (Å²) in [5, 5.41) is 4.26. The van der Waals surface area contributed by atoms with E-state index in [0.29, 0.717) is 19.1 Å². The molecule has 0 N–H and O–H groups in total. The summed E-state index contributed by atoms with van der Waals surface area (Å²) in [5.74, 6) is 0.491. The van der Waals surface area contributed by atoms with Crippen LogP contribution in [0.2, 0.25) is 0 Å². The number of fused-ring (bicyclic) bond motifs is 1. The quantitative estimate of drug-likeness (QED) is 0.176. The van der Waals surface area contributed by atoms with Crippen LogP contribution in [-0.4, -0.2) is 28.6 Å². The van der Waals surface area contributed by atoms with Crippen molar-refractivity contribution in [2.24, 2.45) is 5.92 Å². The number of aromatic nitrogens is 2. The van der Waals surface area contributed by atoms with Gasteiger partial charge in [-0.05, 0) is 56.2 Å². The van der Waals surface area contributed by atoms with Crippen LogP contribution in [0.25, 0.3) is 10.9 Å². The Balaban J connectivity index is 1.26. The van der Waals surface area contributed by atoms with Crippen molar-refractivity contribution in [3.63, 3.8) is 0 Å². The Bertz CT molecular complexity index is 1310. The minimum atomic E-state index is -0.217. The smallest absolute Gasteiger partial charge is 0.311 e. The molecule has 1 saturated carbocycles. The van der Waals surface area contributed by atoms with Crippen LogP contribution < -0.4 is 0 Å². The maximum absolute atomic E-state index is 12.0. The summed E-state index contributed by atoms with van der Waals surface area (Å²) < 4.78 is 11.5. The Morgan fingerprint density at radius 2 is 1.78 bits per heavy atom. The highest BCUT2D eigenvalue weighted by molar-refractivity contribution is 7.09. The van der Waals surface area contributed by atoms with E-state index in [1.165, 1.54) is 5.56 Å². The summed E-state index contributed by atoms with van der Waals surface area (Å²) in [6, 6.07) is 23.1. The molecule has 3 atom stereocenters. The Morgan fingerprint density at radius 3 is 2.65 bits per heavy atom. The van der Waals surface area contributed by atoms with E-state index >= 15 is 0 Å². The van der Waals surface area contributed by atoms with Gasteiger partial charge < -0.3 is 9.47 Å². The predicted octanol–water partition coefficient (Wildman–Crippen LogP) is 7.09. The molecule has 2 aromatic carbocycles. The van der Waals surface area contributed by atoms with E-state index in [0.717, 1.165) is 59.4 Å². The molecule has 2 heterocycles. The van der Waals surface area contributed by atoms with Gasteiger partial charge in [-0.15, -0.1) is 11.3 Å². The summed E-state index contributed by atoms with van der Waals surface area (Å²) in [7, 11) is 0. The number of carbonyl (C=O) groups excluding carboxylic acids is 1. The number of rotatable bonds is 9. The van der Waals surface area contributed by atoms with Crippen molar-refractivity contribution in [2.75, 3.05) is 6.61 Å². The zero-order valence-corrected chi connectivity index (χ0v) is 22.2. The Morgan fingerprint density at radius 1 is 0.946 bits per heavy atom. The van der Waals surface area contributed by atoms with Crippen molar-refractivity contribution in [1.29, 1.82) is 0 Å². The van der Waals surface area contributed by atoms with Crippen molar-refractivity contribution in [1.82, 2.24) is 9.97 Å². The van der Waals surface area contributed by atoms with Gasteiger partial charge in [0, 0.05) is 16.7 Å². The Hall–Kier alpha value is -3.09. The van der Waals surface area contributed by atoms with E-state index in [1.807, 2.05) is 24.4 Å². The number of pyridine rings is 1. The minimum Gasteiger partial charge on any atom is -0.466 e. The molecule has 1 aliphatic rings. The summed E-state index contributed by atoms with van der Waals surface area (Å²) in [6.45, 7) is 2.77. The lowest BCUT2D eigenvalue weighted by atomic mass is 9.81. The first kappa shape index (κ1) is 25.6. The van der Waals surface area contributed by atoms with Crippen molar-refractivity contribution in [3.8, 4) is 0 Å². The molecule has 37 heavy (non-hydrogen) atoms. The fraction of sp³-hybridized carbons (Fsp3) is 0.387. The van der Waals surface area contributed by atoms with Gasteiger partial charge in [0.05, 0.1) is 42.6 Å². The molecule has 0 radical (unpaired) electrons. The summed E-state index contributed by atoms with van der Waals surface area (Å²) >= 11 is 1.66. The van der Waals surface area contributed by atoms with E-state index in [4.69, 9.17) is 19.4 Å². The van der Waals surface area contributed by atoms with Gasteiger partial charge in [-0.25, -0.2) is 4.98 Å². The van der Waals surface area contributed by atoms with E-state index in [9.17, 15) is 4.79 Å². The lowest BCUT2D eigenvalue weighted by Crippen LogP contribution is -2.16. The van der Waals surface area contributed by atoms with E-state index < -0.39 is 0 Å². The number of thiazole rings is 1. The number of nitrogens with zero attached hydrogens (tertiary/aromatic N) is 2. The molecule has 0 saturated heterocycles. The molecule has 192 valence electrons. The van der Waals surface area contributed by atoms with E-state index in [1.54, 1.807) is 11.3 Å². The molecule has 0 bridgehead atoms. The van der Waals surface area contributed by atoms with E-state index in [2.05, 4.69) is 54.6 Å². The number of carbonyl (C=O) groups is 1. The second-order valence-electron chi connectivity index (χ2n) is 9.74. The van der Waals surface area contributed by atoms with Crippen LogP contribution in [0.5, 0.6) is 0 Å². The molecule has 5 nitrogen and oxygen atoms in total. The molecule has 0 aliphatic heterocycles. The van der Waals surface area contributed by atoms with Gasteiger partial charge in [0.15, 0.2) is 0 Å². The molecule has 0 spiro atoms. The zero-order chi connectivity index (χ0) is 25.5. The monoisotopic (exact) mass is 514 g/mol. The molecular formula is C31H34N2O3S. The number of para-hydroxylation sites is 1. The predicted molar refractivity (Wildman–Crippen MR) is 148 cm³/mol. The van der Waals surface area contributed by atoms with Gasteiger partial charge >= 0.3 is 5.97 Å². The standard InChI is InChI=1S/C31H34N2O3S/c1-2-35-29(34)19-26-21-37-31(33-26)30(23-10-4-3-5-11-23)24-12-8-13-27(18-16-24)36-20-25-17-15-22-9-6-7-14-28(22)32-25/h3-7,9-11,14-15,17,21,24,27,30H,2,8,12-13,16,18-20H2,1H3. The first-order chi connectivity index (χ1) is 18.2. The minimum absolute atomic E-state index is 0.217. The van der Waals surface area contributed by atoms with Gasteiger partial charge in [-0.2, -0.15) is 0 Å². The van der Waals surface area contributed by atoms with Gasteiger partial charge in [0.1, 0.15) is 5.01 Å². The number of esters is 1.